The summed E-state index contributed by atoms with van der Waals surface area (Å²) in [5.74, 6) is 0.189. The zero-order chi connectivity index (χ0) is 19.2. The maximum Gasteiger partial charge on any atom is 0.270 e. The molecule has 3 rings (SSSR count). The van der Waals surface area contributed by atoms with Gasteiger partial charge >= 0.3 is 0 Å². The lowest BCUT2D eigenvalue weighted by Gasteiger charge is -2.14. The molecule has 0 radical (unpaired) electrons. The molecular weight excluding hydrogens is 338 g/mol. The summed E-state index contributed by atoms with van der Waals surface area (Å²) in [4.78, 5) is 25.3. The summed E-state index contributed by atoms with van der Waals surface area (Å²) in [5.41, 5.74) is 5.34. The summed E-state index contributed by atoms with van der Waals surface area (Å²) in [6.45, 7) is 6.42. The van der Waals surface area contributed by atoms with E-state index in [9.17, 15) is 4.79 Å². The largest absolute Gasteiger partial charge is 0.347 e. The second-order valence-corrected chi connectivity index (χ2v) is 6.34. The van der Waals surface area contributed by atoms with E-state index in [2.05, 4.69) is 38.6 Å². The van der Waals surface area contributed by atoms with E-state index in [1.807, 2.05) is 38.1 Å². The maximum atomic E-state index is 12.5. The average molecular weight is 361 g/mol. The molecule has 27 heavy (non-hydrogen) atoms. The SMILES string of the molecule is CCc1cccc(C)c1Nc1nc(C)cc(C(=O)NCc2ccncc2)n1. The zero-order valence-electron chi connectivity index (χ0n) is 15.8. The van der Waals surface area contributed by atoms with Gasteiger partial charge in [-0.3, -0.25) is 9.78 Å². The molecule has 6 heteroatoms. The van der Waals surface area contributed by atoms with Crippen molar-refractivity contribution in [1.82, 2.24) is 20.3 Å². The van der Waals surface area contributed by atoms with Crippen LogP contribution in [0.4, 0.5) is 11.6 Å². The molecular formula is C21H23N5O. The Bertz CT molecular complexity index is 941. The highest BCUT2D eigenvalue weighted by Gasteiger charge is 2.12. The van der Waals surface area contributed by atoms with Gasteiger partial charge in [0.25, 0.3) is 5.91 Å². The normalized spacial score (nSPS) is 10.5. The van der Waals surface area contributed by atoms with Gasteiger partial charge in [-0.05, 0) is 55.2 Å². The Kier molecular flexibility index (Phi) is 5.76. The van der Waals surface area contributed by atoms with E-state index in [4.69, 9.17) is 0 Å². The third-order valence-electron chi connectivity index (χ3n) is 4.27. The van der Waals surface area contributed by atoms with Crippen molar-refractivity contribution in [3.05, 3.63) is 76.9 Å². The van der Waals surface area contributed by atoms with Gasteiger partial charge in [-0.1, -0.05) is 25.1 Å². The highest BCUT2D eigenvalue weighted by molar-refractivity contribution is 5.92. The molecule has 2 aromatic heterocycles. The summed E-state index contributed by atoms with van der Waals surface area (Å²) in [6, 6.07) is 11.6. The first-order chi connectivity index (χ1) is 13.1. The van der Waals surface area contributed by atoms with Crippen LogP contribution in [0.2, 0.25) is 0 Å². The predicted octanol–water partition coefficient (Wildman–Crippen LogP) is 3.72. The number of pyridine rings is 1. The van der Waals surface area contributed by atoms with Crippen LogP contribution in [-0.4, -0.2) is 20.9 Å². The van der Waals surface area contributed by atoms with Crippen LogP contribution in [-0.2, 0) is 13.0 Å². The number of hydrogen-bond donors (Lipinski definition) is 2. The van der Waals surface area contributed by atoms with Crippen LogP contribution >= 0.6 is 0 Å². The third-order valence-corrected chi connectivity index (χ3v) is 4.27. The lowest BCUT2D eigenvalue weighted by molar-refractivity contribution is 0.0945. The minimum absolute atomic E-state index is 0.235. The number of anilines is 2. The molecule has 1 amide bonds. The molecule has 0 aliphatic carbocycles. The fourth-order valence-electron chi connectivity index (χ4n) is 2.83. The topological polar surface area (TPSA) is 79.8 Å². The number of nitrogens with zero attached hydrogens (tertiary/aromatic N) is 3. The number of carbonyl (C=O) groups is 1. The Morgan fingerprint density at radius 1 is 1.07 bits per heavy atom. The van der Waals surface area contributed by atoms with Crippen molar-refractivity contribution in [2.75, 3.05) is 5.32 Å². The van der Waals surface area contributed by atoms with Crippen molar-refractivity contribution in [3.63, 3.8) is 0 Å². The van der Waals surface area contributed by atoms with E-state index in [0.29, 0.717) is 18.2 Å². The molecule has 2 N–H and O–H groups in total. The molecule has 0 unspecified atom stereocenters. The van der Waals surface area contributed by atoms with Crippen LogP contribution < -0.4 is 10.6 Å². The van der Waals surface area contributed by atoms with Gasteiger partial charge in [-0.2, -0.15) is 0 Å². The van der Waals surface area contributed by atoms with E-state index < -0.39 is 0 Å². The van der Waals surface area contributed by atoms with Crippen LogP contribution in [0.1, 0.15) is 39.8 Å². The fraction of sp³-hybridized carbons (Fsp3) is 0.238. The van der Waals surface area contributed by atoms with Gasteiger partial charge in [0.05, 0.1) is 0 Å². The van der Waals surface area contributed by atoms with Crippen LogP contribution in [0.3, 0.4) is 0 Å². The van der Waals surface area contributed by atoms with Gasteiger partial charge in [0.2, 0.25) is 5.95 Å². The van der Waals surface area contributed by atoms with Crippen molar-refractivity contribution in [3.8, 4) is 0 Å². The highest BCUT2D eigenvalue weighted by Crippen LogP contribution is 2.24. The smallest absolute Gasteiger partial charge is 0.270 e. The quantitative estimate of drug-likeness (QED) is 0.699. The van der Waals surface area contributed by atoms with Crippen molar-refractivity contribution in [2.45, 2.75) is 33.7 Å². The predicted molar refractivity (Wildman–Crippen MR) is 106 cm³/mol. The Hall–Kier alpha value is -3.28. The average Bonchev–Trinajstić information content (AvgIpc) is 2.68. The van der Waals surface area contributed by atoms with Crippen molar-refractivity contribution >= 4 is 17.5 Å². The Balaban J connectivity index is 1.79. The number of hydrogen-bond acceptors (Lipinski definition) is 5. The molecule has 1 aromatic carbocycles. The molecule has 138 valence electrons. The van der Waals surface area contributed by atoms with Crippen LogP contribution in [0, 0.1) is 13.8 Å². The molecule has 0 fully saturated rings. The molecule has 0 aliphatic heterocycles. The van der Waals surface area contributed by atoms with E-state index in [1.54, 1.807) is 18.5 Å². The molecule has 2 heterocycles. The molecule has 0 aliphatic rings. The number of amides is 1. The number of aromatic nitrogens is 3. The Morgan fingerprint density at radius 3 is 2.59 bits per heavy atom. The Labute approximate surface area is 159 Å². The molecule has 0 bridgehead atoms. The van der Waals surface area contributed by atoms with Crippen molar-refractivity contribution < 1.29 is 4.79 Å². The summed E-state index contributed by atoms with van der Waals surface area (Å²) >= 11 is 0. The van der Waals surface area contributed by atoms with Gasteiger partial charge in [0.1, 0.15) is 5.69 Å². The van der Waals surface area contributed by atoms with Crippen molar-refractivity contribution in [2.24, 2.45) is 0 Å². The lowest BCUT2D eigenvalue weighted by Crippen LogP contribution is -2.24. The third kappa shape index (κ3) is 4.67. The second-order valence-electron chi connectivity index (χ2n) is 6.34. The van der Waals surface area contributed by atoms with E-state index in [-0.39, 0.29) is 5.91 Å². The van der Waals surface area contributed by atoms with Crippen LogP contribution in [0.15, 0.2) is 48.8 Å². The second kappa shape index (κ2) is 8.40. The Morgan fingerprint density at radius 2 is 1.85 bits per heavy atom. The highest BCUT2D eigenvalue weighted by atomic mass is 16.1. The molecule has 0 saturated heterocycles. The van der Waals surface area contributed by atoms with Gasteiger partial charge < -0.3 is 10.6 Å². The van der Waals surface area contributed by atoms with E-state index in [1.165, 1.54) is 5.56 Å². The lowest BCUT2D eigenvalue weighted by atomic mass is 10.1. The van der Waals surface area contributed by atoms with E-state index >= 15 is 0 Å². The molecule has 0 atom stereocenters. The first-order valence-corrected chi connectivity index (χ1v) is 8.95. The van der Waals surface area contributed by atoms with Crippen LogP contribution in [0.5, 0.6) is 0 Å². The monoisotopic (exact) mass is 361 g/mol. The fourth-order valence-corrected chi connectivity index (χ4v) is 2.83. The minimum atomic E-state index is -0.235. The summed E-state index contributed by atoms with van der Waals surface area (Å²) in [7, 11) is 0. The van der Waals surface area contributed by atoms with Gasteiger partial charge in [0, 0.05) is 30.3 Å². The number of para-hydroxylation sites is 1. The number of aryl methyl sites for hydroxylation is 3. The zero-order valence-corrected chi connectivity index (χ0v) is 15.8. The number of carbonyl (C=O) groups excluding carboxylic acids is 1. The number of benzene rings is 1. The maximum absolute atomic E-state index is 12.5. The van der Waals surface area contributed by atoms with Gasteiger partial charge in [0.15, 0.2) is 0 Å². The summed E-state index contributed by atoms with van der Waals surface area (Å²) < 4.78 is 0. The summed E-state index contributed by atoms with van der Waals surface area (Å²) in [5, 5.41) is 6.17. The molecule has 3 aromatic rings. The van der Waals surface area contributed by atoms with E-state index in [0.717, 1.165) is 28.9 Å². The van der Waals surface area contributed by atoms with Crippen molar-refractivity contribution in [1.29, 1.82) is 0 Å². The standard InChI is InChI=1S/C21H23N5O/c1-4-17-7-5-6-14(2)19(17)26-21-24-15(3)12-18(25-21)20(27)23-13-16-8-10-22-11-9-16/h5-12H,4,13H2,1-3H3,(H,23,27)(H,24,25,26). The molecule has 0 spiro atoms. The first kappa shape index (κ1) is 18.5. The first-order valence-electron chi connectivity index (χ1n) is 8.95. The molecule has 6 nitrogen and oxygen atoms in total. The van der Waals surface area contributed by atoms with Gasteiger partial charge in [-0.15, -0.1) is 0 Å². The molecule has 0 saturated carbocycles. The summed E-state index contributed by atoms with van der Waals surface area (Å²) in [6.07, 6.45) is 4.30. The number of rotatable bonds is 6. The number of nitrogens with one attached hydrogen (secondary N) is 2. The van der Waals surface area contributed by atoms with Gasteiger partial charge in [-0.25, -0.2) is 9.97 Å². The minimum Gasteiger partial charge on any atom is -0.347 e. The van der Waals surface area contributed by atoms with Crippen LogP contribution in [0.25, 0.3) is 0 Å².